The van der Waals surface area contributed by atoms with Gasteiger partial charge in [-0.1, -0.05) is 30.9 Å². The van der Waals surface area contributed by atoms with Gasteiger partial charge in [-0.05, 0) is 42.7 Å². The maximum absolute atomic E-state index is 12.8. The quantitative estimate of drug-likeness (QED) is 0.484. The van der Waals surface area contributed by atoms with Crippen molar-refractivity contribution in [1.29, 1.82) is 0 Å². The third-order valence-electron chi connectivity index (χ3n) is 7.08. The first-order chi connectivity index (χ1) is 19.0. The summed E-state index contributed by atoms with van der Waals surface area (Å²) in [6.07, 6.45) is 9.48. The molecule has 2 aromatic rings. The van der Waals surface area contributed by atoms with E-state index in [1.54, 1.807) is 29.4 Å². The summed E-state index contributed by atoms with van der Waals surface area (Å²) in [5.41, 5.74) is 3.26. The number of morpholine rings is 1. The number of benzene rings is 1. The number of ether oxygens (including phenoxy) is 1. The maximum atomic E-state index is 12.8. The Hall–Kier alpha value is -4.02. The standard InChI is InChI=1S/C29H35N7O3/c1-3-23(4-2)32-27(37)17-21-6-5-7-24(16-21)36-19-25(28-30-10-11-35(28)20-36)33-26-9-8-22(18-31-26)29(38)34-12-14-39-15-13-34/h5-11,16,18-19,23H,3-4,12-15,17,20H2,1-2H3,(H,31,33)(H,32,37)/q+1. The van der Waals surface area contributed by atoms with Crippen LogP contribution < -0.4 is 20.4 Å². The highest BCUT2D eigenvalue weighted by atomic mass is 16.5. The number of fused-ring (bicyclic) bond motifs is 1. The van der Waals surface area contributed by atoms with Crippen molar-refractivity contribution < 1.29 is 14.3 Å². The highest BCUT2D eigenvalue weighted by molar-refractivity contribution is 6.06. The zero-order valence-corrected chi connectivity index (χ0v) is 22.5. The second kappa shape index (κ2) is 12.2. The molecule has 4 heterocycles. The zero-order chi connectivity index (χ0) is 27.2. The van der Waals surface area contributed by atoms with Crippen LogP contribution in [0.1, 0.15) is 42.6 Å². The number of pyridine rings is 1. The number of amidine groups is 1. The Bertz CT molecular complexity index is 1280. The van der Waals surface area contributed by atoms with Gasteiger partial charge in [0.2, 0.25) is 12.6 Å². The van der Waals surface area contributed by atoms with Gasteiger partial charge in [0.05, 0.1) is 31.4 Å². The van der Waals surface area contributed by atoms with E-state index in [2.05, 4.69) is 39.4 Å². The summed E-state index contributed by atoms with van der Waals surface area (Å²) < 4.78 is 5.34. The van der Waals surface area contributed by atoms with Crippen LogP contribution in [0.25, 0.3) is 0 Å². The van der Waals surface area contributed by atoms with Gasteiger partial charge < -0.3 is 20.3 Å². The molecule has 39 heavy (non-hydrogen) atoms. The molecule has 0 atom stereocenters. The summed E-state index contributed by atoms with van der Waals surface area (Å²) in [6, 6.07) is 11.8. The molecule has 0 unspecified atom stereocenters. The van der Waals surface area contributed by atoms with Crippen molar-refractivity contribution in [3.63, 3.8) is 0 Å². The molecule has 10 nitrogen and oxygen atoms in total. The van der Waals surface area contributed by atoms with Gasteiger partial charge in [0, 0.05) is 37.2 Å². The van der Waals surface area contributed by atoms with Gasteiger partial charge in [-0.25, -0.2) is 4.98 Å². The molecule has 1 fully saturated rings. The summed E-state index contributed by atoms with van der Waals surface area (Å²) in [5.74, 6) is 1.41. The molecule has 2 amide bonds. The highest BCUT2D eigenvalue weighted by Crippen LogP contribution is 2.25. The van der Waals surface area contributed by atoms with Crippen LogP contribution in [0.5, 0.6) is 0 Å². The molecule has 2 N–H and O–H groups in total. The number of amides is 2. The molecule has 10 heteroatoms. The second-order valence-corrected chi connectivity index (χ2v) is 9.76. The average Bonchev–Trinajstić information content (AvgIpc) is 3.46. The highest BCUT2D eigenvalue weighted by Gasteiger charge is 2.36. The Morgan fingerprint density at radius 1 is 1.13 bits per heavy atom. The lowest BCUT2D eigenvalue weighted by atomic mass is 10.1. The summed E-state index contributed by atoms with van der Waals surface area (Å²) in [6.45, 7) is 7.06. The molecule has 203 valence electrons. The van der Waals surface area contributed by atoms with Crippen molar-refractivity contribution in [2.75, 3.05) is 43.2 Å². The molecule has 3 aliphatic rings. The predicted octanol–water partition coefficient (Wildman–Crippen LogP) is 3.16. The Balaban J connectivity index is 1.30. The van der Waals surface area contributed by atoms with E-state index in [1.807, 2.05) is 41.6 Å². The van der Waals surface area contributed by atoms with Crippen molar-refractivity contribution in [2.45, 2.75) is 39.2 Å². The Kier molecular flexibility index (Phi) is 8.33. The monoisotopic (exact) mass is 529 g/mol. The summed E-state index contributed by atoms with van der Waals surface area (Å²) in [4.78, 5) is 40.3. The van der Waals surface area contributed by atoms with Crippen LogP contribution in [0.4, 0.5) is 11.5 Å². The van der Waals surface area contributed by atoms with E-state index < -0.39 is 0 Å². The van der Waals surface area contributed by atoms with Crippen molar-refractivity contribution in [3.05, 3.63) is 78.0 Å². The Labute approximate surface area is 229 Å². The van der Waals surface area contributed by atoms with Crippen molar-refractivity contribution in [1.82, 2.24) is 20.1 Å². The fraction of sp³-hybridized carbons (Fsp3) is 0.379. The molecule has 1 aromatic heterocycles. The van der Waals surface area contributed by atoms with Gasteiger partial charge in [-0.2, -0.15) is 4.99 Å². The van der Waals surface area contributed by atoms with Gasteiger partial charge in [0.15, 0.2) is 6.20 Å². The van der Waals surface area contributed by atoms with Crippen LogP contribution in [0, 0.1) is 0 Å². The Morgan fingerprint density at radius 3 is 2.69 bits per heavy atom. The molecule has 5 rings (SSSR count). The number of anilines is 2. The fourth-order valence-electron chi connectivity index (χ4n) is 4.81. The number of nitrogens with zero attached hydrogens (tertiary/aromatic N) is 5. The smallest absolute Gasteiger partial charge is 0.308 e. The molecule has 3 aliphatic heterocycles. The maximum Gasteiger partial charge on any atom is 0.308 e. The Morgan fingerprint density at radius 2 is 1.95 bits per heavy atom. The minimum atomic E-state index is -0.0376. The van der Waals surface area contributed by atoms with Crippen molar-refractivity contribution in [2.24, 2.45) is 4.99 Å². The van der Waals surface area contributed by atoms with E-state index in [0.717, 1.165) is 35.6 Å². The lowest BCUT2D eigenvalue weighted by Gasteiger charge is -2.27. The molecule has 0 aliphatic carbocycles. The molecule has 1 radical (unpaired) electrons. The lowest BCUT2D eigenvalue weighted by Crippen LogP contribution is -2.46. The largest absolute Gasteiger partial charge is 0.378 e. The third kappa shape index (κ3) is 6.35. The number of aliphatic imine (C=N–C) groups is 1. The molecular weight excluding hydrogens is 494 g/mol. The average molecular weight is 530 g/mol. The van der Waals surface area contributed by atoms with E-state index in [1.165, 1.54) is 0 Å². The van der Waals surface area contributed by atoms with Gasteiger partial charge in [-0.3, -0.25) is 14.5 Å². The number of carbonyl (C=O) groups is 2. The van der Waals surface area contributed by atoms with Crippen LogP contribution in [0.15, 0.2) is 71.9 Å². The predicted molar refractivity (Wildman–Crippen MR) is 151 cm³/mol. The minimum Gasteiger partial charge on any atom is -0.378 e. The topological polar surface area (TPSA) is 105 Å². The molecule has 0 bridgehead atoms. The number of nitrogens with one attached hydrogen (secondary N) is 2. The minimum absolute atomic E-state index is 0.0376. The second-order valence-electron chi connectivity index (χ2n) is 9.76. The lowest BCUT2D eigenvalue weighted by molar-refractivity contribution is -0.121. The summed E-state index contributed by atoms with van der Waals surface area (Å²) in [7, 11) is 0. The van der Waals surface area contributed by atoms with E-state index in [0.29, 0.717) is 50.8 Å². The van der Waals surface area contributed by atoms with Crippen molar-refractivity contribution in [3.8, 4) is 0 Å². The molecule has 1 aromatic carbocycles. The van der Waals surface area contributed by atoms with E-state index in [-0.39, 0.29) is 17.9 Å². The van der Waals surface area contributed by atoms with Gasteiger partial charge in [0.25, 0.3) is 5.91 Å². The fourth-order valence-corrected chi connectivity index (χ4v) is 4.81. The van der Waals surface area contributed by atoms with Gasteiger partial charge in [0.1, 0.15) is 11.5 Å². The van der Waals surface area contributed by atoms with Gasteiger partial charge in [-0.15, -0.1) is 0 Å². The summed E-state index contributed by atoms with van der Waals surface area (Å²) in [5, 5.41) is 6.48. The zero-order valence-electron chi connectivity index (χ0n) is 22.5. The molecule has 1 saturated heterocycles. The van der Waals surface area contributed by atoms with E-state index in [9.17, 15) is 9.59 Å². The SMILES string of the molecule is CCC(CC)NC(=O)Cc1cccc(N2C=C(Nc3ccc(C(=O)N4CCOCC4)cn3)C3=NC=C[N+]3C2)c1. The number of rotatable bonds is 9. The number of hydrogen-bond acceptors (Lipinski definition) is 8. The van der Waals surface area contributed by atoms with Crippen LogP contribution in [0.3, 0.4) is 0 Å². The van der Waals surface area contributed by atoms with Crippen LogP contribution in [0.2, 0.25) is 0 Å². The van der Waals surface area contributed by atoms with Crippen LogP contribution in [-0.2, 0) is 16.0 Å². The van der Waals surface area contributed by atoms with E-state index >= 15 is 0 Å². The van der Waals surface area contributed by atoms with E-state index in [4.69, 9.17) is 4.74 Å². The number of hydrogen-bond donors (Lipinski definition) is 2. The first-order valence-electron chi connectivity index (χ1n) is 13.5. The molecule has 0 saturated carbocycles. The molecule has 0 spiro atoms. The number of carbonyl (C=O) groups excluding carboxylic acids is 2. The van der Waals surface area contributed by atoms with Crippen LogP contribution in [-0.4, -0.2) is 66.5 Å². The van der Waals surface area contributed by atoms with Gasteiger partial charge >= 0.3 is 5.84 Å². The normalized spacial score (nSPS) is 17.1. The number of aromatic nitrogens is 1. The first-order valence-corrected chi connectivity index (χ1v) is 13.5. The van der Waals surface area contributed by atoms with Crippen molar-refractivity contribution >= 4 is 29.2 Å². The first kappa shape index (κ1) is 26.6. The van der Waals surface area contributed by atoms with Crippen LogP contribution >= 0.6 is 0 Å². The summed E-state index contributed by atoms with van der Waals surface area (Å²) >= 11 is 0. The third-order valence-corrected chi connectivity index (χ3v) is 7.08. The molecular formula is C29H35N7O3+.